The van der Waals surface area contributed by atoms with Crippen LogP contribution in [0.2, 0.25) is 0 Å². The van der Waals surface area contributed by atoms with E-state index in [4.69, 9.17) is 0 Å². The molecule has 1 aromatic carbocycles. The highest BCUT2D eigenvalue weighted by atomic mass is 16.1. The number of hydrogen-bond acceptors (Lipinski definition) is 1. The molecule has 0 saturated heterocycles. The van der Waals surface area contributed by atoms with Crippen molar-refractivity contribution in [3.05, 3.63) is 45.6 Å². The molecule has 0 fully saturated rings. The van der Waals surface area contributed by atoms with Gasteiger partial charge in [0.05, 0.1) is 0 Å². The highest BCUT2D eigenvalue weighted by molar-refractivity contribution is 5.22. The van der Waals surface area contributed by atoms with Crippen molar-refractivity contribution in [2.45, 2.75) is 33.1 Å². The SMILES string of the molecule is CC[C@H](C)c1cccc(C)c(=O)c1. The molecule has 0 bridgehead atoms. The van der Waals surface area contributed by atoms with Crippen LogP contribution in [0.5, 0.6) is 0 Å². The maximum atomic E-state index is 11.5. The Balaban J connectivity index is 3.21. The van der Waals surface area contributed by atoms with Gasteiger partial charge in [0.2, 0.25) is 0 Å². The van der Waals surface area contributed by atoms with Crippen molar-refractivity contribution in [3.63, 3.8) is 0 Å². The predicted molar refractivity (Wildman–Crippen MR) is 56.2 cm³/mol. The summed E-state index contributed by atoms with van der Waals surface area (Å²) >= 11 is 0. The van der Waals surface area contributed by atoms with E-state index in [0.29, 0.717) is 5.92 Å². The van der Waals surface area contributed by atoms with Crippen LogP contribution >= 0.6 is 0 Å². The molecule has 0 aliphatic carbocycles. The molecule has 1 rings (SSSR count). The molecule has 1 nitrogen and oxygen atoms in total. The standard InChI is InChI=1S/C12H16O/c1-4-9(2)11-7-5-6-10(3)12(13)8-11/h5-9H,4H2,1-3H3/t9-/m0/s1. The van der Waals surface area contributed by atoms with Gasteiger partial charge in [0.15, 0.2) is 5.43 Å². The molecule has 0 saturated carbocycles. The Kier molecular flexibility index (Phi) is 3.24. The van der Waals surface area contributed by atoms with Crippen molar-refractivity contribution >= 4 is 0 Å². The van der Waals surface area contributed by atoms with Gasteiger partial charge in [-0.15, -0.1) is 0 Å². The zero-order valence-electron chi connectivity index (χ0n) is 8.50. The molecule has 70 valence electrons. The molecule has 1 atom stereocenters. The summed E-state index contributed by atoms with van der Waals surface area (Å²) in [4.78, 5) is 11.5. The first-order valence-corrected chi connectivity index (χ1v) is 4.76. The monoisotopic (exact) mass is 176 g/mol. The lowest BCUT2D eigenvalue weighted by Gasteiger charge is -2.04. The van der Waals surface area contributed by atoms with E-state index in [1.165, 1.54) is 0 Å². The summed E-state index contributed by atoms with van der Waals surface area (Å²) in [7, 11) is 0. The van der Waals surface area contributed by atoms with Gasteiger partial charge in [-0.25, -0.2) is 0 Å². The topological polar surface area (TPSA) is 17.1 Å². The van der Waals surface area contributed by atoms with E-state index >= 15 is 0 Å². The summed E-state index contributed by atoms with van der Waals surface area (Å²) in [5.41, 5.74) is 2.09. The quantitative estimate of drug-likeness (QED) is 0.677. The van der Waals surface area contributed by atoms with E-state index in [9.17, 15) is 4.79 Å². The van der Waals surface area contributed by atoms with Gasteiger partial charge in [0.25, 0.3) is 0 Å². The van der Waals surface area contributed by atoms with Crippen LogP contribution in [0.25, 0.3) is 0 Å². The Hall–Kier alpha value is -1.11. The van der Waals surface area contributed by atoms with Crippen molar-refractivity contribution in [3.8, 4) is 0 Å². The third-order valence-corrected chi connectivity index (χ3v) is 2.50. The maximum absolute atomic E-state index is 11.5. The zero-order chi connectivity index (χ0) is 9.84. The second-order valence-electron chi connectivity index (χ2n) is 3.53. The van der Waals surface area contributed by atoms with Crippen LogP contribution in [0.4, 0.5) is 0 Å². The highest BCUT2D eigenvalue weighted by Gasteiger charge is 2.01. The van der Waals surface area contributed by atoms with Gasteiger partial charge in [-0.2, -0.15) is 0 Å². The summed E-state index contributed by atoms with van der Waals surface area (Å²) in [6.07, 6.45) is 1.07. The van der Waals surface area contributed by atoms with Gasteiger partial charge < -0.3 is 0 Å². The molecule has 0 aromatic heterocycles. The normalized spacial score (nSPS) is 12.5. The van der Waals surface area contributed by atoms with E-state index < -0.39 is 0 Å². The summed E-state index contributed by atoms with van der Waals surface area (Å²) < 4.78 is 0. The average Bonchev–Trinajstić information content (AvgIpc) is 2.28. The lowest BCUT2D eigenvalue weighted by atomic mass is 10.0. The molecule has 0 radical (unpaired) electrons. The second-order valence-corrected chi connectivity index (χ2v) is 3.53. The van der Waals surface area contributed by atoms with Crippen molar-refractivity contribution in [1.29, 1.82) is 0 Å². The van der Waals surface area contributed by atoms with Crippen LogP contribution in [-0.2, 0) is 0 Å². The Labute approximate surface area is 79.4 Å². The second kappa shape index (κ2) is 4.22. The Morgan fingerprint density at radius 2 is 2.08 bits per heavy atom. The van der Waals surface area contributed by atoms with Crippen LogP contribution in [-0.4, -0.2) is 0 Å². The number of rotatable bonds is 2. The zero-order valence-corrected chi connectivity index (χ0v) is 8.50. The van der Waals surface area contributed by atoms with E-state index in [0.717, 1.165) is 17.5 Å². The summed E-state index contributed by atoms with van der Waals surface area (Å²) in [6.45, 7) is 6.13. The fraction of sp³-hybridized carbons (Fsp3) is 0.417. The molecule has 1 aromatic rings. The fourth-order valence-corrected chi connectivity index (χ4v) is 1.24. The van der Waals surface area contributed by atoms with E-state index in [-0.39, 0.29) is 5.43 Å². The first-order chi connectivity index (χ1) is 6.15. The average molecular weight is 176 g/mol. The molecule has 1 heteroatoms. The van der Waals surface area contributed by atoms with Crippen LogP contribution < -0.4 is 5.43 Å². The van der Waals surface area contributed by atoms with E-state index in [1.807, 2.05) is 25.1 Å². The molecular weight excluding hydrogens is 160 g/mol. The molecule has 0 aliphatic rings. The molecule has 0 N–H and O–H groups in total. The molecule has 0 heterocycles. The summed E-state index contributed by atoms with van der Waals surface area (Å²) in [6, 6.07) is 7.61. The Morgan fingerprint density at radius 1 is 1.38 bits per heavy atom. The van der Waals surface area contributed by atoms with Crippen LogP contribution in [0.1, 0.15) is 37.3 Å². The van der Waals surface area contributed by atoms with Gasteiger partial charge >= 0.3 is 0 Å². The minimum atomic E-state index is 0.139. The number of hydrogen-bond donors (Lipinski definition) is 0. The molecule has 13 heavy (non-hydrogen) atoms. The third kappa shape index (κ3) is 2.41. The minimum Gasteiger partial charge on any atom is -0.290 e. The van der Waals surface area contributed by atoms with Gasteiger partial charge in [-0.05, 0) is 36.5 Å². The third-order valence-electron chi connectivity index (χ3n) is 2.50. The van der Waals surface area contributed by atoms with Crippen LogP contribution in [0.3, 0.4) is 0 Å². The highest BCUT2D eigenvalue weighted by Crippen LogP contribution is 2.15. The summed E-state index contributed by atoms with van der Waals surface area (Å²) in [5, 5.41) is 0. The van der Waals surface area contributed by atoms with E-state index in [1.54, 1.807) is 6.07 Å². The van der Waals surface area contributed by atoms with Crippen molar-refractivity contribution in [1.82, 2.24) is 0 Å². The lowest BCUT2D eigenvalue weighted by Crippen LogP contribution is -2.01. The molecular formula is C12H16O. The number of aryl methyl sites for hydroxylation is 1. The van der Waals surface area contributed by atoms with Gasteiger partial charge in [0, 0.05) is 0 Å². The predicted octanol–water partition coefficient (Wildman–Crippen LogP) is 2.87. The van der Waals surface area contributed by atoms with Crippen molar-refractivity contribution in [2.24, 2.45) is 0 Å². The maximum Gasteiger partial charge on any atom is 0.181 e. The van der Waals surface area contributed by atoms with Crippen molar-refractivity contribution < 1.29 is 0 Å². The fourth-order valence-electron chi connectivity index (χ4n) is 1.24. The minimum absolute atomic E-state index is 0.139. The van der Waals surface area contributed by atoms with E-state index in [2.05, 4.69) is 13.8 Å². The summed E-state index contributed by atoms with van der Waals surface area (Å²) in [5.74, 6) is 0.472. The Bertz CT molecular complexity index is 341. The molecule has 0 unspecified atom stereocenters. The molecule has 0 amide bonds. The smallest absolute Gasteiger partial charge is 0.181 e. The lowest BCUT2D eigenvalue weighted by molar-refractivity contribution is 0.734. The first kappa shape index (κ1) is 9.97. The molecule has 0 aliphatic heterocycles. The Morgan fingerprint density at radius 3 is 2.69 bits per heavy atom. The van der Waals surface area contributed by atoms with Crippen LogP contribution in [0, 0.1) is 6.92 Å². The first-order valence-electron chi connectivity index (χ1n) is 4.76. The molecule has 0 spiro atoms. The van der Waals surface area contributed by atoms with Gasteiger partial charge in [-0.3, -0.25) is 4.79 Å². The van der Waals surface area contributed by atoms with Gasteiger partial charge in [-0.1, -0.05) is 32.0 Å². The largest absolute Gasteiger partial charge is 0.290 e. The van der Waals surface area contributed by atoms with Gasteiger partial charge in [0.1, 0.15) is 0 Å². The van der Waals surface area contributed by atoms with Crippen LogP contribution in [0.15, 0.2) is 29.1 Å². The van der Waals surface area contributed by atoms with Crippen molar-refractivity contribution in [2.75, 3.05) is 0 Å².